The van der Waals surface area contributed by atoms with Crippen LogP contribution in [-0.2, 0) is 0 Å². The number of carbonyl (C=O) groups excluding carboxylic acids is 1. The van der Waals surface area contributed by atoms with Gasteiger partial charge in [0.2, 0.25) is 0 Å². The third-order valence-corrected chi connectivity index (χ3v) is 4.68. The van der Waals surface area contributed by atoms with Crippen LogP contribution in [0.5, 0.6) is 0 Å². The minimum Gasteiger partial charge on any atom is -0.383 e. The lowest BCUT2D eigenvalue weighted by Gasteiger charge is -2.34. The number of hydrogen-bond donors (Lipinski definition) is 1. The highest BCUT2D eigenvalue weighted by atomic mass is 16.2. The molecule has 0 bridgehead atoms. The zero-order valence-electron chi connectivity index (χ0n) is 13.4. The third-order valence-electron chi connectivity index (χ3n) is 4.68. The average Bonchev–Trinajstić information content (AvgIpc) is 2.54. The Balaban J connectivity index is 2.06. The molecule has 0 saturated heterocycles. The maximum absolute atomic E-state index is 12.7. The lowest BCUT2D eigenvalue weighted by molar-refractivity contribution is 0.0675. The molecule has 1 aromatic heterocycles. The van der Waals surface area contributed by atoms with Gasteiger partial charge < -0.3 is 10.2 Å². The van der Waals surface area contributed by atoms with Crippen LogP contribution < -0.4 is 5.32 Å². The van der Waals surface area contributed by atoms with Crippen LogP contribution in [0.2, 0.25) is 0 Å². The summed E-state index contributed by atoms with van der Waals surface area (Å²) in [5.41, 5.74) is 1.56. The Morgan fingerprint density at radius 1 is 1.33 bits per heavy atom. The predicted molar refractivity (Wildman–Crippen MR) is 86.5 cm³/mol. The van der Waals surface area contributed by atoms with Crippen molar-refractivity contribution < 1.29 is 4.79 Å². The van der Waals surface area contributed by atoms with E-state index < -0.39 is 0 Å². The van der Waals surface area contributed by atoms with E-state index in [2.05, 4.69) is 17.2 Å². The third kappa shape index (κ3) is 3.74. The first-order chi connectivity index (χ1) is 10.2. The molecule has 1 amide bonds. The molecular formula is C17H27N3O. The van der Waals surface area contributed by atoms with E-state index in [1.54, 1.807) is 12.4 Å². The lowest BCUT2D eigenvalue weighted by atomic mass is 9.84. The zero-order valence-corrected chi connectivity index (χ0v) is 13.4. The van der Waals surface area contributed by atoms with Gasteiger partial charge in [-0.2, -0.15) is 0 Å². The van der Waals surface area contributed by atoms with E-state index >= 15 is 0 Å². The molecule has 0 aliphatic heterocycles. The smallest absolute Gasteiger partial charge is 0.256 e. The monoisotopic (exact) mass is 289 g/mol. The van der Waals surface area contributed by atoms with Crippen molar-refractivity contribution in [1.29, 1.82) is 0 Å². The summed E-state index contributed by atoms with van der Waals surface area (Å²) in [6.07, 6.45) is 9.43. The summed E-state index contributed by atoms with van der Waals surface area (Å²) in [6, 6.07) is 2.19. The van der Waals surface area contributed by atoms with Gasteiger partial charge in [-0.3, -0.25) is 9.78 Å². The Bertz CT molecular complexity index is 467. The number of aromatic nitrogens is 1. The first-order valence-corrected chi connectivity index (χ1v) is 8.12. The first kappa shape index (κ1) is 15.8. The van der Waals surface area contributed by atoms with E-state index in [1.807, 2.05) is 24.9 Å². The summed E-state index contributed by atoms with van der Waals surface area (Å²) in [6.45, 7) is 5.08. The van der Waals surface area contributed by atoms with E-state index in [4.69, 9.17) is 0 Å². The molecule has 1 N–H and O–H groups in total. The van der Waals surface area contributed by atoms with Gasteiger partial charge in [0.05, 0.1) is 17.4 Å². The second-order valence-corrected chi connectivity index (χ2v) is 5.95. The Kier molecular flexibility index (Phi) is 5.59. The number of carbonyl (C=O) groups is 1. The van der Waals surface area contributed by atoms with Crippen molar-refractivity contribution in [1.82, 2.24) is 9.88 Å². The summed E-state index contributed by atoms with van der Waals surface area (Å²) in [5, 5.41) is 3.22. The van der Waals surface area contributed by atoms with Crippen LogP contribution in [0.4, 0.5) is 5.69 Å². The van der Waals surface area contributed by atoms with Crippen LogP contribution >= 0.6 is 0 Å². The summed E-state index contributed by atoms with van der Waals surface area (Å²) < 4.78 is 0. The number of pyridine rings is 1. The van der Waals surface area contributed by atoms with Gasteiger partial charge in [0.1, 0.15) is 0 Å². The Hall–Kier alpha value is -1.58. The summed E-state index contributed by atoms with van der Waals surface area (Å²) in [4.78, 5) is 18.8. The van der Waals surface area contributed by atoms with Crippen molar-refractivity contribution in [3.8, 4) is 0 Å². The van der Waals surface area contributed by atoms with Gasteiger partial charge in [0.25, 0.3) is 5.91 Å². The minimum atomic E-state index is 0.105. The number of amides is 1. The van der Waals surface area contributed by atoms with Gasteiger partial charge in [-0.1, -0.05) is 13.3 Å². The molecule has 0 spiro atoms. The molecule has 1 aliphatic rings. The minimum absolute atomic E-state index is 0.105. The van der Waals surface area contributed by atoms with Crippen LogP contribution in [0, 0.1) is 5.92 Å². The summed E-state index contributed by atoms with van der Waals surface area (Å²) >= 11 is 0. The molecule has 4 heteroatoms. The molecule has 21 heavy (non-hydrogen) atoms. The van der Waals surface area contributed by atoms with Crippen LogP contribution in [0.1, 0.15) is 56.3 Å². The second kappa shape index (κ2) is 7.43. The highest BCUT2D eigenvalue weighted by Crippen LogP contribution is 2.30. The highest BCUT2D eigenvalue weighted by molar-refractivity contribution is 5.99. The van der Waals surface area contributed by atoms with Crippen LogP contribution in [0.25, 0.3) is 0 Å². The highest BCUT2D eigenvalue weighted by Gasteiger charge is 2.27. The molecule has 1 heterocycles. The van der Waals surface area contributed by atoms with Crippen molar-refractivity contribution in [3.63, 3.8) is 0 Å². The standard InChI is InChI=1S/C17H27N3O/c1-4-13-6-8-14(9-7-13)20(3)17(21)15-10-11-18-12-16(15)19-5-2/h10-14,19H,4-9H2,1-3H3. The fourth-order valence-corrected chi connectivity index (χ4v) is 3.21. The van der Waals surface area contributed by atoms with E-state index in [1.165, 1.54) is 19.3 Å². The molecule has 1 aromatic rings. The maximum Gasteiger partial charge on any atom is 0.256 e. The number of rotatable bonds is 5. The second-order valence-electron chi connectivity index (χ2n) is 5.95. The van der Waals surface area contributed by atoms with Crippen molar-refractivity contribution >= 4 is 11.6 Å². The van der Waals surface area contributed by atoms with E-state index in [0.717, 1.165) is 36.6 Å². The van der Waals surface area contributed by atoms with Crippen LogP contribution in [0.3, 0.4) is 0 Å². The number of nitrogens with zero attached hydrogens (tertiary/aromatic N) is 2. The molecule has 1 aliphatic carbocycles. The van der Waals surface area contributed by atoms with Crippen molar-refractivity contribution in [2.45, 2.75) is 52.0 Å². The van der Waals surface area contributed by atoms with E-state index in [9.17, 15) is 4.79 Å². The van der Waals surface area contributed by atoms with Crippen molar-refractivity contribution in [3.05, 3.63) is 24.0 Å². The van der Waals surface area contributed by atoms with Crippen molar-refractivity contribution in [2.75, 3.05) is 18.9 Å². The van der Waals surface area contributed by atoms with Gasteiger partial charge >= 0.3 is 0 Å². The Morgan fingerprint density at radius 3 is 2.67 bits per heavy atom. The van der Waals surface area contributed by atoms with Crippen LogP contribution in [-0.4, -0.2) is 35.4 Å². The predicted octanol–water partition coefficient (Wildman–Crippen LogP) is 3.55. The SMILES string of the molecule is CCNc1cnccc1C(=O)N(C)C1CCC(CC)CC1. The van der Waals surface area contributed by atoms with E-state index in [-0.39, 0.29) is 5.91 Å². The number of anilines is 1. The first-order valence-electron chi connectivity index (χ1n) is 8.12. The fraction of sp³-hybridized carbons (Fsp3) is 0.647. The molecular weight excluding hydrogens is 262 g/mol. The molecule has 0 aromatic carbocycles. The van der Waals surface area contributed by atoms with E-state index in [0.29, 0.717) is 6.04 Å². The molecule has 4 nitrogen and oxygen atoms in total. The molecule has 1 fully saturated rings. The summed E-state index contributed by atoms with van der Waals surface area (Å²) in [5.74, 6) is 0.955. The number of hydrogen-bond acceptors (Lipinski definition) is 3. The van der Waals surface area contributed by atoms with Gasteiger partial charge in [0.15, 0.2) is 0 Å². The normalized spacial score (nSPS) is 21.9. The number of nitrogens with one attached hydrogen (secondary N) is 1. The molecule has 0 atom stereocenters. The fourth-order valence-electron chi connectivity index (χ4n) is 3.21. The Labute approximate surface area is 127 Å². The molecule has 116 valence electrons. The molecule has 0 unspecified atom stereocenters. The Morgan fingerprint density at radius 2 is 2.05 bits per heavy atom. The molecule has 1 saturated carbocycles. The van der Waals surface area contributed by atoms with Gasteiger partial charge in [-0.05, 0) is 44.6 Å². The van der Waals surface area contributed by atoms with Crippen LogP contribution in [0.15, 0.2) is 18.5 Å². The quantitative estimate of drug-likeness (QED) is 0.901. The largest absolute Gasteiger partial charge is 0.383 e. The van der Waals surface area contributed by atoms with Gasteiger partial charge in [0, 0.05) is 25.8 Å². The lowest BCUT2D eigenvalue weighted by Crippen LogP contribution is -2.39. The molecule has 0 radical (unpaired) electrons. The molecule has 2 rings (SSSR count). The average molecular weight is 289 g/mol. The van der Waals surface area contributed by atoms with Crippen molar-refractivity contribution in [2.24, 2.45) is 5.92 Å². The summed E-state index contributed by atoms with van der Waals surface area (Å²) in [7, 11) is 1.94. The zero-order chi connectivity index (χ0) is 15.2. The van der Waals surface area contributed by atoms with Gasteiger partial charge in [-0.25, -0.2) is 0 Å². The topological polar surface area (TPSA) is 45.2 Å². The maximum atomic E-state index is 12.7. The van der Waals surface area contributed by atoms with Gasteiger partial charge in [-0.15, -0.1) is 0 Å².